The van der Waals surface area contributed by atoms with Crippen LogP contribution in [0.1, 0.15) is 69.2 Å². The minimum Gasteiger partial charge on any atom is -0.852 e. The molecule has 27 heavy (non-hydrogen) atoms. The number of aliphatic hydroxyl groups is 1. The second-order valence-electron chi connectivity index (χ2n) is 5.96. The van der Waals surface area contributed by atoms with Gasteiger partial charge in [0.05, 0.1) is 13.2 Å². The number of methoxy groups -OCH3 is 1. The zero-order valence-corrected chi connectivity index (χ0v) is 25.5. The Hall–Kier alpha value is 2.42. The molecule has 0 spiro atoms. The first-order valence-electron chi connectivity index (χ1n) is 8.47. The molecule has 0 radical (unpaired) electrons. The Morgan fingerprint density at radius 2 is 0.704 bits per heavy atom. The molecule has 0 aliphatic carbocycles. The van der Waals surface area contributed by atoms with E-state index in [1.165, 1.54) is 0 Å². The Morgan fingerprint density at radius 1 is 0.593 bits per heavy atom. The van der Waals surface area contributed by atoms with Gasteiger partial charge in [-0.2, -0.15) is 0 Å². The summed E-state index contributed by atoms with van der Waals surface area (Å²) in [5.74, 6) is 0. The fourth-order valence-corrected chi connectivity index (χ4v) is 0.0913. The topological polar surface area (TPSA) is 145 Å². The van der Waals surface area contributed by atoms with E-state index in [0.717, 1.165) is 0 Å². The molecule has 0 heterocycles. The summed E-state index contributed by atoms with van der Waals surface area (Å²) < 4.78 is 4.44. The fraction of sp³-hybridized carbons (Fsp3) is 1.00. The van der Waals surface area contributed by atoms with Crippen molar-refractivity contribution >= 4 is 0 Å². The molecule has 0 atom stereocenters. The molecule has 0 aliphatic heterocycles. The number of hydrogen-bond acceptors (Lipinski definition) is 7. The summed E-state index contributed by atoms with van der Waals surface area (Å²) >= 11 is 0. The van der Waals surface area contributed by atoms with Crippen molar-refractivity contribution in [2.45, 2.75) is 99.8 Å². The summed E-state index contributed by atoms with van der Waals surface area (Å²) in [6, 6.07) is 0. The van der Waals surface area contributed by atoms with Crippen molar-refractivity contribution in [3.05, 3.63) is 0 Å². The molecular formula is C18H43O7PrSm-2. The van der Waals surface area contributed by atoms with Gasteiger partial charge in [0.1, 0.15) is 0 Å². The van der Waals surface area contributed by atoms with Crippen LogP contribution in [0, 0.1) is 81.7 Å². The Labute approximate surface area is 234 Å². The van der Waals surface area contributed by atoms with E-state index in [2.05, 4.69) is 4.74 Å². The van der Waals surface area contributed by atoms with E-state index in [0.29, 0.717) is 6.61 Å². The minimum absolute atomic E-state index is 0. The van der Waals surface area contributed by atoms with Gasteiger partial charge in [-0.05, 0) is 0 Å². The normalized spacial score (nSPS) is 8.22. The van der Waals surface area contributed by atoms with Gasteiger partial charge in [-0.15, -0.1) is 30.5 Å². The van der Waals surface area contributed by atoms with Gasteiger partial charge in [-0.3, -0.25) is 0 Å². The van der Waals surface area contributed by atoms with Crippen LogP contribution in [0.2, 0.25) is 0 Å². The average Bonchev–Trinajstić information content (AvgIpc) is 2.25. The van der Waals surface area contributed by atoms with Gasteiger partial charge >= 0.3 is 41.3 Å². The van der Waals surface area contributed by atoms with Crippen LogP contribution in [-0.2, 0) is 4.74 Å². The molecule has 0 fully saturated rings. The molecule has 168 valence electrons. The number of ether oxygens (including phenoxy) is 1. The van der Waals surface area contributed by atoms with Crippen molar-refractivity contribution in [3.8, 4) is 0 Å². The molecule has 0 unspecified atom stereocenters. The summed E-state index contributed by atoms with van der Waals surface area (Å²) in [6.07, 6.45) is -2.08. The van der Waals surface area contributed by atoms with Crippen LogP contribution in [0.25, 0.3) is 0 Å². The van der Waals surface area contributed by atoms with Crippen molar-refractivity contribution < 1.29 is 117 Å². The van der Waals surface area contributed by atoms with Gasteiger partial charge < -0.3 is 35.4 Å². The molecule has 0 aliphatic rings. The van der Waals surface area contributed by atoms with E-state index in [1.807, 2.05) is 0 Å². The molecule has 0 aromatic carbocycles. The number of aliphatic hydroxyl groups excluding tert-OH is 1. The van der Waals surface area contributed by atoms with Crippen LogP contribution >= 0.6 is 0 Å². The second kappa shape index (κ2) is 51.2. The van der Waals surface area contributed by atoms with Gasteiger partial charge in [-0.25, -0.2) is 0 Å². The molecule has 0 bridgehead atoms. The predicted molar refractivity (Wildman–Crippen MR) is 94.6 cm³/mol. The van der Waals surface area contributed by atoms with Crippen molar-refractivity contribution in [3.63, 3.8) is 0 Å². The van der Waals surface area contributed by atoms with Crippen LogP contribution < -0.4 is 25.5 Å². The minimum atomic E-state index is -0.417. The molecule has 0 aromatic heterocycles. The summed E-state index contributed by atoms with van der Waals surface area (Å²) in [6.45, 7) is 16.7. The van der Waals surface area contributed by atoms with Gasteiger partial charge in [0.15, 0.2) is 0 Å². The van der Waals surface area contributed by atoms with Crippen molar-refractivity contribution in [1.82, 2.24) is 0 Å². The molecule has 0 saturated carbocycles. The first kappa shape index (κ1) is 51.8. The largest absolute Gasteiger partial charge is 3.00 e. The van der Waals surface area contributed by atoms with Crippen molar-refractivity contribution in [2.75, 3.05) is 20.3 Å². The third-order valence-electron chi connectivity index (χ3n) is 0.295. The van der Waals surface area contributed by atoms with Crippen LogP contribution in [0.5, 0.6) is 0 Å². The van der Waals surface area contributed by atoms with Crippen LogP contribution in [0.15, 0.2) is 0 Å². The molecule has 0 amide bonds. The van der Waals surface area contributed by atoms with E-state index < -0.39 is 30.5 Å². The van der Waals surface area contributed by atoms with Crippen LogP contribution in [-0.4, -0.2) is 55.9 Å². The van der Waals surface area contributed by atoms with Gasteiger partial charge in [0, 0.05) is 47.5 Å². The fourth-order valence-electron chi connectivity index (χ4n) is 0.0913. The van der Waals surface area contributed by atoms with E-state index in [-0.39, 0.29) is 88.3 Å². The first-order valence-corrected chi connectivity index (χ1v) is 8.47. The Morgan fingerprint density at radius 3 is 0.704 bits per heavy atom. The molecule has 0 rings (SSSR count). The summed E-state index contributed by atoms with van der Waals surface area (Å²) in [5, 5.41) is 55.6. The maximum atomic E-state index is 9.53. The van der Waals surface area contributed by atoms with E-state index in [1.54, 1.807) is 76.3 Å². The van der Waals surface area contributed by atoms with Gasteiger partial charge in [0.25, 0.3) is 0 Å². The maximum absolute atomic E-state index is 9.53. The van der Waals surface area contributed by atoms with Crippen LogP contribution in [0.4, 0.5) is 0 Å². The molecule has 0 aromatic rings. The molecular weight excluding hydrogens is 619 g/mol. The second-order valence-corrected chi connectivity index (χ2v) is 5.96. The standard InChI is InChI=1S/C3H8O2.5C3H7O.Pr.Sm/c1-5-3-2-4;5*1-3(2)4;;/h4H,2-3H2,1H3;5*3H,1-2H3;;/q;5*-1;+3;. The Balaban J connectivity index is -0.0000000264. The van der Waals surface area contributed by atoms with Crippen LogP contribution in [0.3, 0.4) is 0 Å². The third kappa shape index (κ3) is 1010. The number of rotatable bonds is 2. The first-order chi connectivity index (χ1) is 11.1. The zero-order valence-electron chi connectivity index (χ0n) is 19.2. The summed E-state index contributed by atoms with van der Waals surface area (Å²) in [7, 11) is 1.55. The average molecular weight is 663 g/mol. The van der Waals surface area contributed by atoms with Gasteiger partial charge in [-0.1, -0.05) is 69.2 Å². The summed E-state index contributed by atoms with van der Waals surface area (Å²) in [4.78, 5) is 0. The SMILES string of the molecule is CC(C)[O-].CC(C)[O-].CC(C)[O-].CC(C)[O-].CC(C)[O-].COCCO.[Pr+3].[Sm]. The number of hydrogen-bond donors (Lipinski definition) is 1. The quantitative estimate of drug-likeness (QED) is 0.375. The van der Waals surface area contributed by atoms with E-state index >= 15 is 0 Å². The smallest absolute Gasteiger partial charge is 0.852 e. The maximum Gasteiger partial charge on any atom is 3.00 e. The Bertz CT molecular complexity index is 123. The molecule has 7 nitrogen and oxygen atoms in total. The summed E-state index contributed by atoms with van der Waals surface area (Å²) in [5.41, 5.74) is 0. The van der Waals surface area contributed by atoms with E-state index in [4.69, 9.17) is 5.11 Å². The zero-order chi connectivity index (χ0) is 22.0. The monoisotopic (exact) mass is 664 g/mol. The Kier molecular flexibility index (Phi) is 98.3. The van der Waals surface area contributed by atoms with Crippen molar-refractivity contribution in [2.24, 2.45) is 0 Å². The molecule has 0 saturated heterocycles. The van der Waals surface area contributed by atoms with E-state index in [9.17, 15) is 25.5 Å². The van der Waals surface area contributed by atoms with Crippen molar-refractivity contribution in [1.29, 1.82) is 0 Å². The molecule has 9 heteroatoms. The third-order valence-corrected chi connectivity index (χ3v) is 0.295. The molecule has 1 N–H and O–H groups in total. The van der Waals surface area contributed by atoms with Gasteiger partial charge in [0.2, 0.25) is 0 Å². The predicted octanol–water partition coefficient (Wildman–Crippen LogP) is -1.60.